The highest BCUT2D eigenvalue weighted by Crippen LogP contribution is 2.34. The summed E-state index contributed by atoms with van der Waals surface area (Å²) in [7, 11) is -6.98. The molecule has 8 nitrogen and oxygen atoms in total. The molecule has 1 amide bonds. The van der Waals surface area contributed by atoms with Crippen LogP contribution < -0.4 is 13.8 Å². The number of amides is 1. The Morgan fingerprint density at radius 2 is 1.93 bits per heavy atom. The molecule has 3 rings (SSSR count). The Balaban J connectivity index is 2.07. The summed E-state index contributed by atoms with van der Waals surface area (Å²) < 4.78 is 71.6. The lowest BCUT2D eigenvalue weighted by molar-refractivity contribution is -0.119. The van der Waals surface area contributed by atoms with E-state index < -0.39 is 42.6 Å². The van der Waals surface area contributed by atoms with Gasteiger partial charge in [-0.1, -0.05) is 18.5 Å². The minimum Gasteiger partial charge on any atom is -0.495 e. The second-order valence-electron chi connectivity index (χ2n) is 6.35. The zero-order chi connectivity index (χ0) is 21.6. The highest BCUT2D eigenvalue weighted by atomic mass is 35.5. The van der Waals surface area contributed by atoms with Crippen LogP contribution >= 0.6 is 11.6 Å². The summed E-state index contributed by atoms with van der Waals surface area (Å²) >= 11 is 5.67. The number of rotatable bonds is 5. The van der Waals surface area contributed by atoms with Crippen LogP contribution in [0.3, 0.4) is 0 Å². The number of benzene rings is 2. The van der Waals surface area contributed by atoms with Gasteiger partial charge in [-0.15, -0.1) is 0 Å². The van der Waals surface area contributed by atoms with E-state index in [1.54, 1.807) is 0 Å². The van der Waals surface area contributed by atoms with Crippen molar-refractivity contribution in [2.75, 3.05) is 21.9 Å². The number of methoxy groups -OCH3 is 1. The van der Waals surface area contributed by atoms with Gasteiger partial charge in [-0.3, -0.25) is 9.52 Å². The highest BCUT2D eigenvalue weighted by molar-refractivity contribution is 7.94. The van der Waals surface area contributed by atoms with Crippen molar-refractivity contribution in [1.29, 1.82) is 0 Å². The third-order valence-electron chi connectivity index (χ3n) is 4.20. The molecule has 0 unspecified atom stereocenters. The van der Waals surface area contributed by atoms with Gasteiger partial charge in [-0.2, -0.15) is 0 Å². The number of carbonyl (C=O) groups is 1. The lowest BCUT2D eigenvalue weighted by Crippen LogP contribution is -2.30. The summed E-state index contributed by atoms with van der Waals surface area (Å²) in [6.07, 6.45) is 0. The van der Waals surface area contributed by atoms with Crippen LogP contribution in [0.15, 0.2) is 41.3 Å². The van der Waals surface area contributed by atoms with Crippen LogP contribution in [-0.4, -0.2) is 35.6 Å². The number of nitrogens with zero attached hydrogens (tertiary/aromatic N) is 1. The first-order valence-electron chi connectivity index (χ1n) is 8.19. The summed E-state index contributed by atoms with van der Waals surface area (Å²) in [5, 5.41) is -0.284. The minimum absolute atomic E-state index is 0.0117. The van der Waals surface area contributed by atoms with E-state index in [2.05, 4.69) is 4.72 Å². The van der Waals surface area contributed by atoms with E-state index in [1.165, 1.54) is 32.2 Å². The van der Waals surface area contributed by atoms with Crippen LogP contribution in [0, 0.1) is 11.7 Å². The van der Waals surface area contributed by atoms with E-state index in [4.69, 9.17) is 16.3 Å². The molecule has 1 aliphatic heterocycles. The Bertz CT molecular complexity index is 1200. The van der Waals surface area contributed by atoms with E-state index in [0.717, 1.165) is 18.2 Å². The number of carbonyl (C=O) groups excluding carboxylic acids is 1. The van der Waals surface area contributed by atoms with Crippen molar-refractivity contribution in [3.05, 3.63) is 47.2 Å². The third-order valence-corrected chi connectivity index (χ3v) is 7.76. The van der Waals surface area contributed by atoms with Crippen molar-refractivity contribution < 1.29 is 30.8 Å². The number of hydrogen-bond acceptors (Lipinski definition) is 6. The quantitative estimate of drug-likeness (QED) is 0.731. The van der Waals surface area contributed by atoms with Gasteiger partial charge < -0.3 is 4.74 Å². The molecule has 0 saturated carbocycles. The molecular formula is C17H16ClFN2O6S2. The summed E-state index contributed by atoms with van der Waals surface area (Å²) in [6.45, 7) is 1.47. The molecule has 29 heavy (non-hydrogen) atoms. The van der Waals surface area contributed by atoms with Crippen molar-refractivity contribution in [1.82, 2.24) is 0 Å². The van der Waals surface area contributed by atoms with Crippen molar-refractivity contribution in [2.45, 2.75) is 11.8 Å². The first-order chi connectivity index (χ1) is 13.5. The Hall–Kier alpha value is -2.37. The molecule has 1 heterocycles. The van der Waals surface area contributed by atoms with Crippen molar-refractivity contribution >= 4 is 48.9 Å². The van der Waals surface area contributed by atoms with E-state index in [9.17, 15) is 26.0 Å². The fourth-order valence-electron chi connectivity index (χ4n) is 2.86. The fourth-order valence-corrected chi connectivity index (χ4v) is 6.09. The molecule has 1 fully saturated rings. The third kappa shape index (κ3) is 4.02. The Labute approximate surface area is 172 Å². The largest absolute Gasteiger partial charge is 0.495 e. The predicted octanol–water partition coefficient (Wildman–Crippen LogP) is 2.60. The van der Waals surface area contributed by atoms with Crippen LogP contribution in [0.1, 0.15) is 6.92 Å². The molecule has 2 aromatic carbocycles. The van der Waals surface area contributed by atoms with E-state index in [0.29, 0.717) is 4.31 Å². The molecule has 1 atom stereocenters. The zero-order valence-corrected chi connectivity index (χ0v) is 17.6. The van der Waals surface area contributed by atoms with Gasteiger partial charge in [0.2, 0.25) is 15.9 Å². The van der Waals surface area contributed by atoms with Gasteiger partial charge in [0.1, 0.15) is 16.5 Å². The Kier molecular flexibility index (Phi) is 5.50. The molecule has 0 bridgehead atoms. The lowest BCUT2D eigenvalue weighted by atomic mass is 10.2. The van der Waals surface area contributed by atoms with E-state index in [1.807, 2.05) is 0 Å². The van der Waals surface area contributed by atoms with Crippen LogP contribution in [0.25, 0.3) is 0 Å². The van der Waals surface area contributed by atoms with Crippen LogP contribution in [0.4, 0.5) is 15.8 Å². The number of ether oxygens (including phenoxy) is 1. The lowest BCUT2D eigenvalue weighted by Gasteiger charge is -2.18. The molecule has 0 spiro atoms. The molecule has 0 radical (unpaired) electrons. The molecule has 0 aromatic heterocycles. The summed E-state index contributed by atoms with van der Waals surface area (Å²) in [5.41, 5.74) is -0.139. The first kappa shape index (κ1) is 21.3. The fraction of sp³-hybridized carbons (Fsp3) is 0.235. The maximum atomic E-state index is 13.3. The number of hydrogen-bond donors (Lipinski definition) is 1. The van der Waals surface area contributed by atoms with Crippen molar-refractivity contribution in [2.24, 2.45) is 5.92 Å². The van der Waals surface area contributed by atoms with Crippen molar-refractivity contribution in [3.63, 3.8) is 0 Å². The Morgan fingerprint density at radius 3 is 2.48 bits per heavy atom. The molecule has 156 valence electrons. The average Bonchev–Trinajstić information content (AvgIpc) is 2.84. The maximum absolute atomic E-state index is 13.3. The van der Waals surface area contributed by atoms with Crippen LogP contribution in [0.2, 0.25) is 5.02 Å². The molecule has 0 aliphatic carbocycles. The topological polar surface area (TPSA) is 110 Å². The van der Waals surface area contributed by atoms with Crippen LogP contribution in [-0.2, 0) is 24.8 Å². The number of halogens is 2. The van der Waals surface area contributed by atoms with E-state index in [-0.39, 0.29) is 27.9 Å². The molecule has 2 aromatic rings. The molecule has 1 aliphatic rings. The summed E-state index contributed by atoms with van der Waals surface area (Å²) in [4.78, 5) is 11.9. The van der Waals surface area contributed by atoms with Gasteiger partial charge in [0.15, 0.2) is 0 Å². The molecular weight excluding hydrogens is 447 g/mol. The van der Waals surface area contributed by atoms with Gasteiger partial charge in [-0.05, 0) is 36.4 Å². The molecule has 1 saturated heterocycles. The van der Waals surface area contributed by atoms with E-state index >= 15 is 0 Å². The first-order valence-corrected chi connectivity index (χ1v) is 11.7. The van der Waals surface area contributed by atoms with Crippen molar-refractivity contribution in [3.8, 4) is 5.75 Å². The van der Waals surface area contributed by atoms with Gasteiger partial charge >= 0.3 is 0 Å². The minimum atomic E-state index is -4.29. The molecule has 12 heteroatoms. The normalized spacial score (nSPS) is 18.7. The Morgan fingerprint density at radius 1 is 1.24 bits per heavy atom. The zero-order valence-electron chi connectivity index (χ0n) is 15.2. The second kappa shape index (κ2) is 7.47. The van der Waals surface area contributed by atoms with Gasteiger partial charge in [0, 0.05) is 0 Å². The standard InChI is InChI=1S/C17H16ClFN2O6S2/c1-10-9-28(23,24)21(17(10)22)12-4-6-15(27-2)16(8-12)29(25,26)20-11-3-5-14(19)13(18)7-11/h3-8,10,20H,9H2,1-2H3/t10-/m0/s1. The average molecular weight is 463 g/mol. The maximum Gasteiger partial charge on any atom is 0.265 e. The van der Waals surface area contributed by atoms with Gasteiger partial charge in [0.05, 0.1) is 35.2 Å². The highest BCUT2D eigenvalue weighted by Gasteiger charge is 2.42. The van der Waals surface area contributed by atoms with Crippen LogP contribution in [0.5, 0.6) is 5.75 Å². The number of sulfonamides is 2. The summed E-state index contributed by atoms with van der Waals surface area (Å²) in [6, 6.07) is 6.80. The summed E-state index contributed by atoms with van der Waals surface area (Å²) in [5.74, 6) is -2.57. The number of anilines is 2. The SMILES string of the molecule is COc1ccc(N2C(=O)[C@@H](C)CS2(=O)=O)cc1S(=O)(=O)Nc1ccc(F)c(Cl)c1. The second-order valence-corrected chi connectivity index (χ2v) is 10.3. The smallest absolute Gasteiger partial charge is 0.265 e. The monoisotopic (exact) mass is 462 g/mol. The van der Waals surface area contributed by atoms with Gasteiger partial charge in [-0.25, -0.2) is 25.5 Å². The van der Waals surface area contributed by atoms with Gasteiger partial charge in [0.25, 0.3) is 10.0 Å². The predicted molar refractivity (Wildman–Crippen MR) is 106 cm³/mol. The number of nitrogens with one attached hydrogen (secondary N) is 1. The molecule has 1 N–H and O–H groups in total.